The van der Waals surface area contributed by atoms with E-state index < -0.39 is 66.0 Å². The SMILES string of the molecule is O=C1N[C@H](Cc2ccccc2C(F)(F)F)C(=O)N[C@@H](Cc2ccccc2)C(=O)N2CCC[C@@H]2C(=O)N[C@H]1Cc1ccccc1. The van der Waals surface area contributed by atoms with E-state index in [1.165, 1.54) is 23.1 Å². The van der Waals surface area contributed by atoms with E-state index in [2.05, 4.69) is 16.0 Å². The van der Waals surface area contributed by atoms with Gasteiger partial charge in [-0.3, -0.25) is 19.2 Å². The Bertz CT molecular complexity index is 1500. The first-order valence-corrected chi connectivity index (χ1v) is 14.5. The summed E-state index contributed by atoms with van der Waals surface area (Å²) < 4.78 is 41.6. The largest absolute Gasteiger partial charge is 0.416 e. The fraction of sp³-hybridized carbons (Fsp3) is 0.333. The smallest absolute Gasteiger partial charge is 0.342 e. The Balaban J connectivity index is 1.53. The number of carbonyl (C=O) groups is 4. The molecule has 0 aromatic heterocycles. The van der Waals surface area contributed by atoms with Gasteiger partial charge in [0, 0.05) is 25.8 Å². The summed E-state index contributed by atoms with van der Waals surface area (Å²) >= 11 is 0. The van der Waals surface area contributed by atoms with Gasteiger partial charge in [0.05, 0.1) is 5.56 Å². The third-order valence-electron chi connectivity index (χ3n) is 8.03. The predicted octanol–water partition coefficient (Wildman–Crippen LogP) is 3.19. The summed E-state index contributed by atoms with van der Waals surface area (Å²) in [6.45, 7) is 0.288. The first kappa shape index (κ1) is 30.8. The van der Waals surface area contributed by atoms with Crippen LogP contribution in [0.3, 0.4) is 0 Å². The number of fused-ring (bicyclic) bond motifs is 1. The van der Waals surface area contributed by atoms with Gasteiger partial charge in [0.15, 0.2) is 0 Å². The molecule has 3 N–H and O–H groups in total. The number of rotatable bonds is 6. The van der Waals surface area contributed by atoms with Crippen LogP contribution in [0.1, 0.15) is 35.1 Å². The Hall–Kier alpha value is -4.67. The van der Waals surface area contributed by atoms with E-state index in [1.54, 1.807) is 60.7 Å². The van der Waals surface area contributed by atoms with Crippen molar-refractivity contribution in [2.24, 2.45) is 0 Å². The molecule has 0 unspecified atom stereocenters. The average Bonchev–Trinajstić information content (AvgIpc) is 3.50. The first-order valence-electron chi connectivity index (χ1n) is 14.5. The van der Waals surface area contributed by atoms with E-state index in [4.69, 9.17) is 0 Å². The van der Waals surface area contributed by atoms with Crippen LogP contribution >= 0.6 is 0 Å². The molecule has 2 fully saturated rings. The minimum Gasteiger partial charge on any atom is -0.342 e. The second-order valence-corrected chi connectivity index (χ2v) is 11.1. The van der Waals surface area contributed by atoms with Gasteiger partial charge in [0.1, 0.15) is 24.2 Å². The van der Waals surface area contributed by atoms with Gasteiger partial charge < -0.3 is 20.9 Å². The van der Waals surface area contributed by atoms with Crippen molar-refractivity contribution >= 4 is 23.6 Å². The standard InChI is InChI=1S/C33H33F3N4O4/c34-33(35,36)24-15-8-7-14-23(24)20-26-30(42)39-27(19-22-12-5-2-6-13-22)32(44)40-17-9-16-28(40)31(43)38-25(29(41)37-26)18-21-10-3-1-4-11-21/h1-8,10-15,25-28H,9,16-20H2,(H,37,41)(H,38,43)(H,39,42)/t25-,26+,27-,28+/m0/s1. The molecule has 3 aromatic carbocycles. The quantitative estimate of drug-likeness (QED) is 0.401. The number of amides is 4. The number of nitrogens with one attached hydrogen (secondary N) is 3. The maximum Gasteiger partial charge on any atom is 0.416 e. The number of alkyl halides is 3. The zero-order valence-electron chi connectivity index (χ0n) is 23.8. The van der Waals surface area contributed by atoms with Crippen LogP contribution in [0.15, 0.2) is 84.9 Å². The molecule has 0 radical (unpaired) electrons. The second kappa shape index (κ2) is 13.3. The lowest BCUT2D eigenvalue weighted by molar-refractivity contribution is -0.143. The van der Waals surface area contributed by atoms with Gasteiger partial charge >= 0.3 is 6.18 Å². The summed E-state index contributed by atoms with van der Waals surface area (Å²) in [6, 6.07) is 18.1. The number of nitrogens with zero attached hydrogens (tertiary/aromatic N) is 1. The number of halogens is 3. The van der Waals surface area contributed by atoms with Crippen molar-refractivity contribution in [3.8, 4) is 0 Å². The van der Waals surface area contributed by atoms with E-state index >= 15 is 0 Å². The minimum absolute atomic E-state index is 0.0726. The maximum absolute atomic E-state index is 13.9. The highest BCUT2D eigenvalue weighted by Gasteiger charge is 2.41. The summed E-state index contributed by atoms with van der Waals surface area (Å²) in [4.78, 5) is 56.5. The van der Waals surface area contributed by atoms with Crippen LogP contribution in [0.2, 0.25) is 0 Å². The van der Waals surface area contributed by atoms with Gasteiger partial charge in [-0.15, -0.1) is 0 Å². The molecule has 2 aliphatic heterocycles. The van der Waals surface area contributed by atoms with Crippen molar-refractivity contribution in [1.29, 1.82) is 0 Å². The van der Waals surface area contributed by atoms with Crippen molar-refractivity contribution in [3.05, 3.63) is 107 Å². The summed E-state index contributed by atoms with van der Waals surface area (Å²) in [5.41, 5.74) is 0.343. The van der Waals surface area contributed by atoms with E-state index in [0.29, 0.717) is 12.8 Å². The molecule has 4 amide bonds. The lowest BCUT2D eigenvalue weighted by Crippen LogP contribution is -2.62. The van der Waals surface area contributed by atoms with Gasteiger partial charge in [0.2, 0.25) is 23.6 Å². The summed E-state index contributed by atoms with van der Waals surface area (Å²) in [5, 5.41) is 8.09. The fourth-order valence-electron chi connectivity index (χ4n) is 5.83. The second-order valence-electron chi connectivity index (χ2n) is 11.1. The Kier molecular flexibility index (Phi) is 9.32. The monoisotopic (exact) mass is 606 g/mol. The number of hydrogen-bond acceptors (Lipinski definition) is 4. The third-order valence-corrected chi connectivity index (χ3v) is 8.03. The Labute approximate surface area is 253 Å². The van der Waals surface area contributed by atoms with Crippen molar-refractivity contribution in [3.63, 3.8) is 0 Å². The normalized spacial score (nSPS) is 23.1. The number of carbonyl (C=O) groups excluding carboxylic acids is 4. The van der Waals surface area contributed by atoms with E-state index in [-0.39, 0.29) is 24.9 Å². The zero-order chi connectivity index (χ0) is 31.3. The Morgan fingerprint density at radius 1 is 0.636 bits per heavy atom. The molecule has 230 valence electrons. The molecule has 0 aliphatic carbocycles. The molecule has 2 saturated heterocycles. The molecular formula is C33H33F3N4O4. The summed E-state index contributed by atoms with van der Waals surface area (Å²) in [6.07, 6.45) is -4.07. The topological polar surface area (TPSA) is 108 Å². The highest BCUT2D eigenvalue weighted by Crippen LogP contribution is 2.32. The van der Waals surface area contributed by atoms with Gasteiger partial charge in [-0.1, -0.05) is 78.9 Å². The molecule has 0 spiro atoms. The molecule has 11 heteroatoms. The van der Waals surface area contributed by atoms with E-state index in [1.807, 2.05) is 0 Å². The average molecular weight is 607 g/mol. The predicted molar refractivity (Wildman–Crippen MR) is 156 cm³/mol. The molecule has 44 heavy (non-hydrogen) atoms. The lowest BCUT2D eigenvalue weighted by Gasteiger charge is -2.32. The van der Waals surface area contributed by atoms with Gasteiger partial charge in [-0.05, 0) is 35.6 Å². The Morgan fingerprint density at radius 3 is 1.75 bits per heavy atom. The van der Waals surface area contributed by atoms with Crippen molar-refractivity contribution in [2.75, 3.05) is 6.54 Å². The first-order chi connectivity index (χ1) is 21.1. The molecule has 2 heterocycles. The van der Waals surface area contributed by atoms with Gasteiger partial charge in [0.25, 0.3) is 0 Å². The molecule has 5 rings (SSSR count). The molecule has 8 nitrogen and oxygen atoms in total. The molecule has 0 saturated carbocycles. The van der Waals surface area contributed by atoms with Gasteiger partial charge in [-0.25, -0.2) is 0 Å². The van der Waals surface area contributed by atoms with Crippen molar-refractivity contribution in [1.82, 2.24) is 20.9 Å². The zero-order valence-corrected chi connectivity index (χ0v) is 23.8. The van der Waals surface area contributed by atoms with Crippen LogP contribution in [0, 0.1) is 0 Å². The van der Waals surface area contributed by atoms with Crippen LogP contribution in [-0.4, -0.2) is 59.2 Å². The van der Waals surface area contributed by atoms with Crippen LogP contribution in [0.5, 0.6) is 0 Å². The molecular weight excluding hydrogens is 573 g/mol. The van der Waals surface area contributed by atoms with E-state index in [9.17, 15) is 32.3 Å². The van der Waals surface area contributed by atoms with Crippen LogP contribution in [-0.2, 0) is 44.6 Å². The van der Waals surface area contributed by atoms with Crippen LogP contribution < -0.4 is 16.0 Å². The number of benzene rings is 3. The number of hydrogen-bond donors (Lipinski definition) is 3. The van der Waals surface area contributed by atoms with Crippen LogP contribution in [0.25, 0.3) is 0 Å². The fourth-order valence-corrected chi connectivity index (χ4v) is 5.83. The Morgan fingerprint density at radius 2 is 1.14 bits per heavy atom. The minimum atomic E-state index is -4.69. The van der Waals surface area contributed by atoms with Crippen molar-refractivity contribution in [2.45, 2.75) is 62.4 Å². The highest BCUT2D eigenvalue weighted by molar-refractivity contribution is 5.98. The van der Waals surface area contributed by atoms with Crippen molar-refractivity contribution < 1.29 is 32.3 Å². The lowest BCUT2D eigenvalue weighted by atomic mass is 9.97. The maximum atomic E-state index is 13.9. The third kappa shape index (κ3) is 7.27. The van der Waals surface area contributed by atoms with Crippen LogP contribution in [0.4, 0.5) is 13.2 Å². The summed E-state index contributed by atoms with van der Waals surface area (Å²) in [7, 11) is 0. The van der Waals surface area contributed by atoms with E-state index in [0.717, 1.165) is 17.2 Å². The van der Waals surface area contributed by atoms with Gasteiger partial charge in [-0.2, -0.15) is 13.2 Å². The molecule has 0 bridgehead atoms. The molecule has 4 atom stereocenters. The highest BCUT2D eigenvalue weighted by atomic mass is 19.4. The summed E-state index contributed by atoms with van der Waals surface area (Å²) in [5.74, 6) is -2.49. The molecule has 2 aliphatic rings. The molecule has 3 aromatic rings.